The number of amides is 2. The molecule has 1 heterocycles. The number of benzene rings is 2. The van der Waals surface area contributed by atoms with Crippen molar-refractivity contribution in [2.24, 2.45) is 0 Å². The standard InChI is InChI=1S/C19H19ClFN3O2/c20-15-6-4-14(5-7-15)19(26)24-10-8-23(9-11-24)13-18(25)22-17-3-1-2-16(21)12-17/h1-7,12H,8-11,13H2,(H,22,25). The van der Waals surface area contributed by atoms with Crippen LogP contribution in [0, 0.1) is 5.82 Å². The molecule has 26 heavy (non-hydrogen) atoms. The summed E-state index contributed by atoms with van der Waals surface area (Å²) in [6.45, 7) is 2.52. The highest BCUT2D eigenvalue weighted by atomic mass is 35.5. The van der Waals surface area contributed by atoms with Gasteiger partial charge in [0.05, 0.1) is 6.54 Å². The van der Waals surface area contributed by atoms with Gasteiger partial charge in [-0.3, -0.25) is 14.5 Å². The van der Waals surface area contributed by atoms with Crippen LogP contribution in [0.5, 0.6) is 0 Å². The van der Waals surface area contributed by atoms with Gasteiger partial charge in [-0.05, 0) is 42.5 Å². The van der Waals surface area contributed by atoms with Gasteiger partial charge in [0, 0.05) is 42.5 Å². The number of rotatable bonds is 4. The first-order chi connectivity index (χ1) is 12.5. The maximum Gasteiger partial charge on any atom is 0.253 e. The molecule has 0 aromatic heterocycles. The zero-order valence-electron chi connectivity index (χ0n) is 14.1. The van der Waals surface area contributed by atoms with Crippen LogP contribution in [-0.2, 0) is 4.79 Å². The number of nitrogens with zero attached hydrogens (tertiary/aromatic N) is 2. The van der Waals surface area contributed by atoms with Crippen LogP contribution in [0.2, 0.25) is 5.02 Å². The summed E-state index contributed by atoms with van der Waals surface area (Å²) < 4.78 is 13.2. The van der Waals surface area contributed by atoms with Crippen molar-refractivity contribution in [3.63, 3.8) is 0 Å². The number of anilines is 1. The van der Waals surface area contributed by atoms with Crippen LogP contribution in [0.4, 0.5) is 10.1 Å². The van der Waals surface area contributed by atoms with E-state index >= 15 is 0 Å². The van der Waals surface area contributed by atoms with Crippen LogP contribution in [0.25, 0.3) is 0 Å². The summed E-state index contributed by atoms with van der Waals surface area (Å²) in [5, 5.41) is 3.27. The van der Waals surface area contributed by atoms with Gasteiger partial charge in [-0.1, -0.05) is 17.7 Å². The topological polar surface area (TPSA) is 52.7 Å². The zero-order valence-corrected chi connectivity index (χ0v) is 14.9. The second kappa shape index (κ2) is 8.29. The molecule has 1 N–H and O–H groups in total. The minimum atomic E-state index is -0.392. The number of hydrogen-bond acceptors (Lipinski definition) is 3. The molecule has 0 bridgehead atoms. The molecule has 2 aromatic rings. The Morgan fingerprint density at radius 1 is 1.04 bits per heavy atom. The van der Waals surface area contributed by atoms with Crippen molar-refractivity contribution in [3.8, 4) is 0 Å². The SMILES string of the molecule is O=C(CN1CCN(C(=O)c2ccc(Cl)cc2)CC1)Nc1cccc(F)c1. The lowest BCUT2D eigenvalue weighted by Crippen LogP contribution is -2.50. The second-order valence-corrected chi connectivity index (χ2v) is 6.57. The van der Waals surface area contributed by atoms with Crippen molar-refractivity contribution in [2.45, 2.75) is 0 Å². The molecule has 0 radical (unpaired) electrons. The highest BCUT2D eigenvalue weighted by Crippen LogP contribution is 2.13. The largest absolute Gasteiger partial charge is 0.336 e. The molecule has 3 rings (SSSR count). The minimum absolute atomic E-state index is 0.0365. The zero-order chi connectivity index (χ0) is 18.5. The lowest BCUT2D eigenvalue weighted by molar-refractivity contribution is -0.117. The van der Waals surface area contributed by atoms with Crippen LogP contribution in [-0.4, -0.2) is 54.3 Å². The summed E-state index contributed by atoms with van der Waals surface area (Å²) in [6, 6.07) is 12.6. The molecule has 0 saturated carbocycles. The molecule has 0 atom stereocenters. The van der Waals surface area contributed by atoms with E-state index < -0.39 is 5.82 Å². The molecule has 0 aliphatic carbocycles. The minimum Gasteiger partial charge on any atom is -0.336 e. The van der Waals surface area contributed by atoms with Gasteiger partial charge in [-0.2, -0.15) is 0 Å². The van der Waals surface area contributed by atoms with Crippen molar-refractivity contribution < 1.29 is 14.0 Å². The molecule has 2 amide bonds. The summed E-state index contributed by atoms with van der Waals surface area (Å²) >= 11 is 5.85. The van der Waals surface area contributed by atoms with E-state index in [0.29, 0.717) is 42.5 Å². The maximum absolute atomic E-state index is 13.2. The molecule has 0 unspecified atom stereocenters. The quantitative estimate of drug-likeness (QED) is 0.894. The first kappa shape index (κ1) is 18.4. The normalized spacial score (nSPS) is 14.9. The molecule has 1 aliphatic rings. The van der Waals surface area contributed by atoms with Crippen molar-refractivity contribution in [1.29, 1.82) is 0 Å². The average Bonchev–Trinajstić information content (AvgIpc) is 2.62. The van der Waals surface area contributed by atoms with E-state index in [9.17, 15) is 14.0 Å². The highest BCUT2D eigenvalue weighted by molar-refractivity contribution is 6.30. The fraction of sp³-hybridized carbons (Fsp3) is 0.263. The number of carbonyl (C=O) groups excluding carboxylic acids is 2. The molecule has 136 valence electrons. The van der Waals surface area contributed by atoms with E-state index in [4.69, 9.17) is 11.6 Å². The molecule has 0 spiro atoms. The number of nitrogens with one attached hydrogen (secondary N) is 1. The Morgan fingerprint density at radius 3 is 2.38 bits per heavy atom. The molecule has 1 aliphatic heterocycles. The Labute approximate surface area is 156 Å². The van der Waals surface area contributed by atoms with Gasteiger partial charge >= 0.3 is 0 Å². The van der Waals surface area contributed by atoms with Crippen molar-refractivity contribution >= 4 is 29.1 Å². The van der Waals surface area contributed by atoms with Crippen LogP contribution >= 0.6 is 11.6 Å². The maximum atomic E-state index is 13.2. The smallest absolute Gasteiger partial charge is 0.253 e. The van der Waals surface area contributed by atoms with Gasteiger partial charge in [0.1, 0.15) is 5.82 Å². The van der Waals surface area contributed by atoms with E-state index in [2.05, 4.69) is 5.32 Å². The van der Waals surface area contributed by atoms with Gasteiger partial charge < -0.3 is 10.2 Å². The molecule has 1 saturated heterocycles. The van der Waals surface area contributed by atoms with Gasteiger partial charge in [0.25, 0.3) is 5.91 Å². The number of carbonyl (C=O) groups is 2. The number of piperazine rings is 1. The van der Waals surface area contributed by atoms with Crippen molar-refractivity contribution in [2.75, 3.05) is 38.0 Å². The summed E-state index contributed by atoms with van der Waals surface area (Å²) in [6.07, 6.45) is 0. The Kier molecular flexibility index (Phi) is 5.85. The number of hydrogen-bond donors (Lipinski definition) is 1. The lowest BCUT2D eigenvalue weighted by atomic mass is 10.2. The predicted molar refractivity (Wildman–Crippen MR) is 98.8 cm³/mol. The third-order valence-corrected chi connectivity index (χ3v) is 4.48. The number of halogens is 2. The Balaban J connectivity index is 1.48. The summed E-state index contributed by atoms with van der Waals surface area (Å²) in [5.41, 5.74) is 1.04. The highest BCUT2D eigenvalue weighted by Gasteiger charge is 2.23. The van der Waals surface area contributed by atoms with Crippen LogP contribution < -0.4 is 5.32 Å². The van der Waals surface area contributed by atoms with Crippen LogP contribution in [0.3, 0.4) is 0 Å². The first-order valence-corrected chi connectivity index (χ1v) is 8.72. The Bertz CT molecular complexity index is 790. The third-order valence-electron chi connectivity index (χ3n) is 4.23. The van der Waals surface area contributed by atoms with Crippen LogP contribution in [0.15, 0.2) is 48.5 Å². The predicted octanol–water partition coefficient (Wildman–Crippen LogP) is 2.88. The van der Waals surface area contributed by atoms with Gasteiger partial charge in [-0.15, -0.1) is 0 Å². The second-order valence-electron chi connectivity index (χ2n) is 6.13. The van der Waals surface area contributed by atoms with Gasteiger partial charge in [0.2, 0.25) is 5.91 Å². The van der Waals surface area contributed by atoms with E-state index in [0.717, 1.165) is 0 Å². The molecule has 1 fully saturated rings. The summed E-state index contributed by atoms with van der Waals surface area (Å²) in [5.74, 6) is -0.629. The first-order valence-electron chi connectivity index (χ1n) is 8.34. The third kappa shape index (κ3) is 4.80. The Hall–Kier alpha value is -2.44. The lowest BCUT2D eigenvalue weighted by Gasteiger charge is -2.34. The van der Waals surface area contributed by atoms with Crippen molar-refractivity contribution in [3.05, 3.63) is 64.9 Å². The van der Waals surface area contributed by atoms with Crippen molar-refractivity contribution in [1.82, 2.24) is 9.80 Å². The molecular weight excluding hydrogens is 357 g/mol. The monoisotopic (exact) mass is 375 g/mol. The average molecular weight is 376 g/mol. The Morgan fingerprint density at radius 2 is 1.73 bits per heavy atom. The molecule has 5 nitrogen and oxygen atoms in total. The summed E-state index contributed by atoms with van der Waals surface area (Å²) in [4.78, 5) is 28.3. The fourth-order valence-electron chi connectivity index (χ4n) is 2.85. The fourth-order valence-corrected chi connectivity index (χ4v) is 2.98. The molecule has 7 heteroatoms. The van der Waals surface area contributed by atoms with Gasteiger partial charge in [-0.25, -0.2) is 4.39 Å². The van der Waals surface area contributed by atoms with E-state index in [-0.39, 0.29) is 18.4 Å². The summed E-state index contributed by atoms with van der Waals surface area (Å²) in [7, 11) is 0. The van der Waals surface area contributed by atoms with E-state index in [1.807, 2.05) is 4.90 Å². The molecular formula is C19H19ClFN3O2. The van der Waals surface area contributed by atoms with Gasteiger partial charge in [0.15, 0.2) is 0 Å². The molecule has 2 aromatic carbocycles. The van der Waals surface area contributed by atoms with E-state index in [1.165, 1.54) is 12.1 Å². The van der Waals surface area contributed by atoms with E-state index in [1.54, 1.807) is 41.3 Å². The van der Waals surface area contributed by atoms with Crippen LogP contribution in [0.1, 0.15) is 10.4 Å².